The highest BCUT2D eigenvalue weighted by Gasteiger charge is 2.32. The third-order valence-electron chi connectivity index (χ3n) is 7.46. The predicted molar refractivity (Wildman–Crippen MR) is 159 cm³/mol. The molecule has 0 spiro atoms. The van der Waals surface area contributed by atoms with Crippen LogP contribution in [0.1, 0.15) is 43.1 Å². The summed E-state index contributed by atoms with van der Waals surface area (Å²) in [6, 6.07) is 19.0. The zero-order valence-corrected chi connectivity index (χ0v) is 23.6. The first-order chi connectivity index (χ1) is 19.8. The summed E-state index contributed by atoms with van der Waals surface area (Å²) in [4.78, 5) is 39.0. The van der Waals surface area contributed by atoms with Crippen molar-refractivity contribution in [2.75, 3.05) is 30.4 Å². The Kier molecular flexibility index (Phi) is 7.83. The van der Waals surface area contributed by atoms with Crippen molar-refractivity contribution in [2.24, 2.45) is 0 Å². The second-order valence-corrected chi connectivity index (χ2v) is 10.2. The Labute approximate surface area is 239 Å². The second kappa shape index (κ2) is 11.6. The van der Waals surface area contributed by atoms with E-state index in [0.717, 1.165) is 16.9 Å². The molecule has 4 aromatic rings. The molecule has 1 aliphatic heterocycles. The van der Waals surface area contributed by atoms with Crippen LogP contribution in [0.3, 0.4) is 0 Å². The molecule has 1 fully saturated rings. The Balaban J connectivity index is 1.35. The van der Waals surface area contributed by atoms with Crippen LogP contribution in [0.15, 0.2) is 67.0 Å². The van der Waals surface area contributed by atoms with Crippen LogP contribution in [0.4, 0.5) is 11.5 Å². The number of fused-ring (bicyclic) bond motifs is 1. The number of methoxy groups -OCH3 is 1. The van der Waals surface area contributed by atoms with Crippen LogP contribution in [0.25, 0.3) is 22.0 Å². The summed E-state index contributed by atoms with van der Waals surface area (Å²) in [7, 11) is 1.53. The van der Waals surface area contributed by atoms with E-state index in [1.807, 2.05) is 54.3 Å². The maximum atomic E-state index is 13.3. The minimum atomic E-state index is -0.358. The van der Waals surface area contributed by atoms with Gasteiger partial charge in [-0.15, -0.1) is 0 Å². The van der Waals surface area contributed by atoms with Crippen molar-refractivity contribution in [3.8, 4) is 22.9 Å². The number of nitrogens with one attached hydrogen (secondary N) is 1. The molecule has 1 aliphatic rings. The summed E-state index contributed by atoms with van der Waals surface area (Å²) < 4.78 is 5.70. The molecule has 2 unspecified atom stereocenters. The number of para-hydroxylation sites is 1. The molecular formula is C32H32N6O3. The third kappa shape index (κ3) is 5.41. The molecule has 2 aromatic heterocycles. The van der Waals surface area contributed by atoms with Crippen LogP contribution in [-0.4, -0.2) is 59.0 Å². The maximum Gasteiger partial charge on any atom is 0.261 e. The summed E-state index contributed by atoms with van der Waals surface area (Å²) in [6.07, 6.45) is 3.65. The first-order valence-electron chi connectivity index (χ1n) is 13.6. The van der Waals surface area contributed by atoms with Crippen molar-refractivity contribution in [3.63, 3.8) is 0 Å². The number of carbonyl (C=O) groups is 2. The lowest BCUT2D eigenvalue weighted by Crippen LogP contribution is -2.58. The van der Waals surface area contributed by atoms with E-state index in [1.54, 1.807) is 18.3 Å². The van der Waals surface area contributed by atoms with Gasteiger partial charge in [-0.3, -0.25) is 14.6 Å². The minimum absolute atomic E-state index is 0.0812. The highest BCUT2D eigenvalue weighted by molar-refractivity contribution is 6.10. The number of piperazine rings is 1. The van der Waals surface area contributed by atoms with Gasteiger partial charge in [-0.1, -0.05) is 31.2 Å². The molecular weight excluding hydrogens is 516 g/mol. The number of hydrogen-bond donors (Lipinski definition) is 1. The fraction of sp³-hybridized carbons (Fsp3) is 0.281. The van der Waals surface area contributed by atoms with Gasteiger partial charge in [0.25, 0.3) is 5.91 Å². The van der Waals surface area contributed by atoms with Gasteiger partial charge in [-0.05, 0) is 49.7 Å². The topological polar surface area (TPSA) is 111 Å². The number of pyridine rings is 2. The SMILES string of the molecule is CCC(=O)N1C(C)CN(c2ccc(NC(=O)c3cnc4c(-c5ccc(C#N)cc5)cccc4c3OC)cn2)CC1C. The van der Waals surface area contributed by atoms with Crippen LogP contribution >= 0.6 is 0 Å². The average molecular weight is 549 g/mol. The number of carbonyl (C=O) groups excluding carboxylic acids is 2. The number of anilines is 2. The van der Waals surface area contributed by atoms with E-state index in [9.17, 15) is 9.59 Å². The van der Waals surface area contributed by atoms with Crippen LogP contribution in [-0.2, 0) is 4.79 Å². The predicted octanol–water partition coefficient (Wildman–Crippen LogP) is 5.26. The molecule has 2 aromatic carbocycles. The van der Waals surface area contributed by atoms with Crippen LogP contribution < -0.4 is 15.0 Å². The molecule has 0 radical (unpaired) electrons. The van der Waals surface area contributed by atoms with Crippen LogP contribution in [0, 0.1) is 11.3 Å². The Morgan fingerprint density at radius 3 is 2.37 bits per heavy atom. The number of aromatic nitrogens is 2. The fourth-order valence-electron chi connectivity index (χ4n) is 5.57. The van der Waals surface area contributed by atoms with E-state index in [2.05, 4.69) is 40.1 Å². The first kappa shape index (κ1) is 27.6. The molecule has 5 rings (SSSR count). The lowest BCUT2D eigenvalue weighted by molar-refractivity contribution is -0.135. The molecule has 208 valence electrons. The number of nitrogens with zero attached hydrogens (tertiary/aromatic N) is 5. The summed E-state index contributed by atoms with van der Waals surface area (Å²) in [5.41, 5.74) is 3.92. The van der Waals surface area contributed by atoms with Crippen LogP contribution in [0.5, 0.6) is 5.75 Å². The zero-order valence-electron chi connectivity index (χ0n) is 23.6. The van der Waals surface area contributed by atoms with Crippen molar-refractivity contribution in [1.29, 1.82) is 5.26 Å². The Morgan fingerprint density at radius 1 is 1.02 bits per heavy atom. The molecule has 3 heterocycles. The second-order valence-electron chi connectivity index (χ2n) is 10.2. The third-order valence-corrected chi connectivity index (χ3v) is 7.46. The van der Waals surface area contributed by atoms with Gasteiger partial charge in [0.1, 0.15) is 17.1 Å². The van der Waals surface area contributed by atoms with Gasteiger partial charge in [0.05, 0.1) is 36.1 Å². The number of amides is 2. The zero-order chi connectivity index (χ0) is 29.1. The minimum Gasteiger partial charge on any atom is -0.495 e. The van der Waals surface area contributed by atoms with Gasteiger partial charge in [0.15, 0.2) is 0 Å². The van der Waals surface area contributed by atoms with Crippen molar-refractivity contribution >= 4 is 34.2 Å². The largest absolute Gasteiger partial charge is 0.495 e. The van der Waals surface area contributed by atoms with E-state index in [-0.39, 0.29) is 23.9 Å². The van der Waals surface area contributed by atoms with Gasteiger partial charge in [0, 0.05) is 48.7 Å². The molecule has 9 heteroatoms. The van der Waals surface area contributed by atoms with Crippen molar-refractivity contribution in [1.82, 2.24) is 14.9 Å². The monoisotopic (exact) mass is 548 g/mol. The Morgan fingerprint density at radius 2 is 1.76 bits per heavy atom. The lowest BCUT2D eigenvalue weighted by atomic mass is 9.99. The van der Waals surface area contributed by atoms with E-state index in [1.165, 1.54) is 13.3 Å². The number of rotatable bonds is 6. The molecule has 0 aliphatic carbocycles. The summed E-state index contributed by atoms with van der Waals surface area (Å²) in [6.45, 7) is 7.39. The van der Waals surface area contributed by atoms with Gasteiger partial charge in [-0.2, -0.15) is 5.26 Å². The van der Waals surface area contributed by atoms with Gasteiger partial charge in [-0.25, -0.2) is 4.98 Å². The van der Waals surface area contributed by atoms with Crippen molar-refractivity contribution < 1.29 is 14.3 Å². The van der Waals surface area contributed by atoms with E-state index in [0.29, 0.717) is 53.0 Å². The van der Waals surface area contributed by atoms with Gasteiger partial charge in [0.2, 0.25) is 5.91 Å². The molecule has 41 heavy (non-hydrogen) atoms. The molecule has 0 saturated carbocycles. The van der Waals surface area contributed by atoms with Crippen molar-refractivity contribution in [2.45, 2.75) is 39.3 Å². The van der Waals surface area contributed by atoms with E-state index < -0.39 is 0 Å². The number of hydrogen-bond acceptors (Lipinski definition) is 7. The van der Waals surface area contributed by atoms with Crippen molar-refractivity contribution in [3.05, 3.63) is 78.1 Å². The summed E-state index contributed by atoms with van der Waals surface area (Å²) >= 11 is 0. The average Bonchev–Trinajstić information content (AvgIpc) is 3.00. The molecule has 2 amide bonds. The van der Waals surface area contributed by atoms with Gasteiger partial charge >= 0.3 is 0 Å². The molecule has 9 nitrogen and oxygen atoms in total. The molecule has 1 N–H and O–H groups in total. The molecule has 0 bridgehead atoms. The highest BCUT2D eigenvalue weighted by atomic mass is 16.5. The van der Waals surface area contributed by atoms with Crippen LogP contribution in [0.2, 0.25) is 0 Å². The maximum absolute atomic E-state index is 13.3. The molecule has 2 atom stereocenters. The van der Waals surface area contributed by atoms with E-state index >= 15 is 0 Å². The summed E-state index contributed by atoms with van der Waals surface area (Å²) in [5, 5.41) is 12.7. The normalized spacial score (nSPS) is 16.8. The first-order valence-corrected chi connectivity index (χ1v) is 13.6. The lowest BCUT2D eigenvalue weighted by Gasteiger charge is -2.45. The Hall–Kier alpha value is -4.97. The smallest absolute Gasteiger partial charge is 0.261 e. The fourth-order valence-corrected chi connectivity index (χ4v) is 5.57. The number of nitriles is 1. The molecule has 1 saturated heterocycles. The van der Waals surface area contributed by atoms with E-state index in [4.69, 9.17) is 10.00 Å². The summed E-state index contributed by atoms with van der Waals surface area (Å²) in [5.74, 6) is 1.03. The standard InChI is InChI=1S/C32H32N6O3/c1-5-29(39)38-20(2)18-37(19-21(38)3)28-14-13-24(16-34-28)36-32(40)27-17-35-30-25(7-6-8-26(30)31(27)41-4)23-11-9-22(15-33)10-12-23/h6-14,16-17,20-21H,5,18-19H2,1-4H3,(H,36,40). The highest BCUT2D eigenvalue weighted by Crippen LogP contribution is 2.35. The number of ether oxygens (including phenoxy) is 1. The Bertz CT molecular complexity index is 1620. The quantitative estimate of drug-likeness (QED) is 0.350. The number of benzene rings is 2. The van der Waals surface area contributed by atoms with Gasteiger partial charge < -0.3 is 19.9 Å².